The van der Waals surface area contributed by atoms with Crippen LogP contribution in [0.4, 0.5) is 5.69 Å². The summed E-state index contributed by atoms with van der Waals surface area (Å²) in [5, 5.41) is 5.28. The fourth-order valence-corrected chi connectivity index (χ4v) is 3.36. The average Bonchev–Trinajstić information content (AvgIpc) is 2.77. The molecule has 0 aliphatic carbocycles. The fraction of sp³-hybridized carbons (Fsp3) is 0.240. The third-order valence-electron chi connectivity index (χ3n) is 5.07. The van der Waals surface area contributed by atoms with Crippen LogP contribution in [0, 0.1) is 6.92 Å². The maximum absolute atomic E-state index is 12.7. The minimum absolute atomic E-state index is 0.0325. The molecule has 3 aromatic rings. The van der Waals surface area contributed by atoms with Gasteiger partial charge in [0.25, 0.3) is 5.91 Å². The quantitative estimate of drug-likeness (QED) is 0.567. The van der Waals surface area contributed by atoms with E-state index in [0.717, 1.165) is 16.9 Å². The van der Waals surface area contributed by atoms with Crippen LogP contribution in [0.25, 0.3) is 0 Å². The summed E-state index contributed by atoms with van der Waals surface area (Å²) in [7, 11) is 3.18. The van der Waals surface area contributed by atoms with Gasteiger partial charge in [0.15, 0.2) is 0 Å². The van der Waals surface area contributed by atoms with Crippen molar-refractivity contribution < 1.29 is 18.7 Å². The van der Waals surface area contributed by atoms with E-state index in [4.69, 9.17) is 9.15 Å². The molecule has 0 saturated carbocycles. The van der Waals surface area contributed by atoms with E-state index in [9.17, 15) is 14.4 Å². The van der Waals surface area contributed by atoms with Crippen LogP contribution >= 0.6 is 0 Å². The fourth-order valence-electron chi connectivity index (χ4n) is 3.36. The summed E-state index contributed by atoms with van der Waals surface area (Å²) in [5.74, 6) is 0.628. The Kier molecular flexibility index (Phi) is 7.44. The Labute approximate surface area is 186 Å². The average molecular weight is 434 g/mol. The van der Waals surface area contributed by atoms with Crippen LogP contribution < -0.4 is 21.0 Å². The standard InChI is InChI=1S/C25H26N2O5/c1-16-13-21(12-9-17-7-10-20(31-3)11-8-17)32-25(30)23(16)24(29)27-19-6-4-5-18(14-19)15-22(28)26-2/h4-8,10-11,13-14H,9,12,15H2,1-3H3,(H,26,28)(H,27,29). The number of likely N-dealkylation sites (N-methyl/N-ethyl adjacent to an activating group) is 1. The summed E-state index contributed by atoms with van der Waals surface area (Å²) in [6.07, 6.45) is 1.42. The molecule has 7 nitrogen and oxygen atoms in total. The van der Waals surface area contributed by atoms with Crippen molar-refractivity contribution in [2.75, 3.05) is 19.5 Å². The summed E-state index contributed by atoms with van der Waals surface area (Å²) in [5.41, 5.74) is 2.18. The highest BCUT2D eigenvalue weighted by atomic mass is 16.5. The van der Waals surface area contributed by atoms with E-state index in [2.05, 4.69) is 10.6 Å². The smallest absolute Gasteiger partial charge is 0.349 e. The predicted molar refractivity (Wildman–Crippen MR) is 122 cm³/mol. The number of amides is 2. The van der Waals surface area contributed by atoms with Crippen molar-refractivity contribution in [1.82, 2.24) is 5.32 Å². The zero-order valence-electron chi connectivity index (χ0n) is 18.4. The number of carbonyl (C=O) groups excluding carboxylic acids is 2. The number of nitrogens with one attached hydrogen (secondary N) is 2. The second kappa shape index (κ2) is 10.4. The molecule has 2 amide bonds. The Morgan fingerprint density at radius 1 is 1.00 bits per heavy atom. The number of anilines is 1. The van der Waals surface area contributed by atoms with Crippen LogP contribution in [0.1, 0.15) is 32.8 Å². The highest BCUT2D eigenvalue weighted by Gasteiger charge is 2.17. The van der Waals surface area contributed by atoms with E-state index >= 15 is 0 Å². The second-order valence-electron chi connectivity index (χ2n) is 7.41. The molecule has 166 valence electrons. The molecule has 0 unspecified atom stereocenters. The highest BCUT2D eigenvalue weighted by molar-refractivity contribution is 6.05. The number of rotatable bonds is 8. The number of aryl methyl sites for hydroxylation is 3. The summed E-state index contributed by atoms with van der Waals surface area (Å²) in [6.45, 7) is 1.71. The largest absolute Gasteiger partial charge is 0.497 e. The Morgan fingerprint density at radius 3 is 2.41 bits per heavy atom. The molecule has 7 heteroatoms. The lowest BCUT2D eigenvalue weighted by Gasteiger charge is -2.09. The SMILES string of the molecule is CNC(=O)Cc1cccc(NC(=O)c2c(C)cc(CCc3ccc(OC)cc3)oc2=O)c1. The van der Waals surface area contributed by atoms with Crippen LogP contribution in [0.5, 0.6) is 5.75 Å². The third kappa shape index (κ3) is 5.85. The van der Waals surface area contributed by atoms with Gasteiger partial charge >= 0.3 is 5.63 Å². The normalized spacial score (nSPS) is 10.5. The van der Waals surface area contributed by atoms with Crippen LogP contribution in [-0.4, -0.2) is 26.0 Å². The number of hydrogen-bond acceptors (Lipinski definition) is 5. The van der Waals surface area contributed by atoms with E-state index in [1.165, 1.54) is 0 Å². The Bertz CT molecular complexity index is 1170. The molecule has 0 bridgehead atoms. The first-order valence-corrected chi connectivity index (χ1v) is 10.3. The molecule has 0 spiro atoms. The van der Waals surface area contributed by atoms with E-state index in [1.54, 1.807) is 51.4 Å². The number of carbonyl (C=O) groups is 2. The van der Waals surface area contributed by atoms with Gasteiger partial charge in [0.05, 0.1) is 13.5 Å². The Hall–Kier alpha value is -3.87. The van der Waals surface area contributed by atoms with Gasteiger partial charge in [-0.25, -0.2) is 4.79 Å². The van der Waals surface area contributed by atoms with Crippen molar-refractivity contribution in [2.45, 2.75) is 26.2 Å². The summed E-state index contributed by atoms with van der Waals surface area (Å²) >= 11 is 0. The summed E-state index contributed by atoms with van der Waals surface area (Å²) in [4.78, 5) is 36.8. The zero-order valence-corrected chi connectivity index (χ0v) is 18.4. The van der Waals surface area contributed by atoms with Gasteiger partial charge in [-0.1, -0.05) is 24.3 Å². The monoisotopic (exact) mass is 434 g/mol. The van der Waals surface area contributed by atoms with Gasteiger partial charge in [-0.15, -0.1) is 0 Å². The highest BCUT2D eigenvalue weighted by Crippen LogP contribution is 2.16. The Balaban J connectivity index is 1.70. The summed E-state index contributed by atoms with van der Waals surface area (Å²) in [6, 6.07) is 16.4. The first-order valence-electron chi connectivity index (χ1n) is 10.3. The summed E-state index contributed by atoms with van der Waals surface area (Å²) < 4.78 is 10.6. The van der Waals surface area contributed by atoms with Crippen LogP contribution in [0.15, 0.2) is 63.8 Å². The van der Waals surface area contributed by atoms with Crippen molar-refractivity contribution in [1.29, 1.82) is 0 Å². The van der Waals surface area contributed by atoms with E-state index < -0.39 is 11.5 Å². The molecule has 1 aromatic heterocycles. The molecule has 0 saturated heterocycles. The molecule has 2 N–H and O–H groups in total. The van der Waals surface area contributed by atoms with Crippen molar-refractivity contribution in [3.8, 4) is 5.75 Å². The van der Waals surface area contributed by atoms with Crippen LogP contribution in [0.3, 0.4) is 0 Å². The lowest BCUT2D eigenvalue weighted by Crippen LogP contribution is -2.23. The van der Waals surface area contributed by atoms with Crippen molar-refractivity contribution in [2.24, 2.45) is 0 Å². The number of ether oxygens (including phenoxy) is 1. The van der Waals surface area contributed by atoms with Gasteiger partial charge in [0.1, 0.15) is 17.1 Å². The third-order valence-corrected chi connectivity index (χ3v) is 5.07. The molecular formula is C25H26N2O5. The van der Waals surface area contributed by atoms with Crippen LogP contribution in [0.2, 0.25) is 0 Å². The molecule has 0 aliphatic heterocycles. The van der Waals surface area contributed by atoms with Gasteiger partial charge in [0, 0.05) is 19.2 Å². The molecule has 3 rings (SSSR count). The first-order chi connectivity index (χ1) is 15.4. The zero-order chi connectivity index (χ0) is 23.1. The predicted octanol–water partition coefficient (Wildman–Crippen LogP) is 3.28. The van der Waals surface area contributed by atoms with Gasteiger partial charge in [-0.2, -0.15) is 0 Å². The van der Waals surface area contributed by atoms with E-state index in [0.29, 0.717) is 29.9 Å². The minimum Gasteiger partial charge on any atom is -0.497 e. The van der Waals surface area contributed by atoms with Crippen molar-refractivity contribution in [3.63, 3.8) is 0 Å². The van der Waals surface area contributed by atoms with Crippen molar-refractivity contribution in [3.05, 3.63) is 93.0 Å². The first kappa shape index (κ1) is 22.8. The molecule has 0 radical (unpaired) electrons. The van der Waals surface area contributed by atoms with Crippen molar-refractivity contribution >= 4 is 17.5 Å². The molecule has 0 atom stereocenters. The maximum atomic E-state index is 12.7. The second-order valence-corrected chi connectivity index (χ2v) is 7.41. The lowest BCUT2D eigenvalue weighted by molar-refractivity contribution is -0.119. The maximum Gasteiger partial charge on any atom is 0.349 e. The molecule has 32 heavy (non-hydrogen) atoms. The number of benzene rings is 2. The van der Waals surface area contributed by atoms with E-state index in [-0.39, 0.29) is 17.9 Å². The lowest BCUT2D eigenvalue weighted by atomic mass is 10.1. The number of methoxy groups -OCH3 is 1. The van der Waals surface area contributed by atoms with Gasteiger partial charge in [0.2, 0.25) is 5.91 Å². The van der Waals surface area contributed by atoms with Gasteiger partial charge in [-0.05, 0) is 60.4 Å². The molecular weight excluding hydrogens is 408 g/mol. The number of hydrogen-bond donors (Lipinski definition) is 2. The topological polar surface area (TPSA) is 97.6 Å². The molecule has 2 aromatic carbocycles. The van der Waals surface area contributed by atoms with Gasteiger partial charge in [-0.3, -0.25) is 9.59 Å². The molecule has 0 fully saturated rings. The van der Waals surface area contributed by atoms with E-state index in [1.807, 2.05) is 24.3 Å². The van der Waals surface area contributed by atoms with Crippen LogP contribution in [-0.2, 0) is 24.1 Å². The molecule has 0 aliphatic rings. The van der Waals surface area contributed by atoms with Gasteiger partial charge < -0.3 is 19.8 Å². The molecule has 1 heterocycles. The minimum atomic E-state index is -0.672. The Morgan fingerprint density at radius 2 is 1.75 bits per heavy atom.